The molecule has 0 bridgehead atoms. The van der Waals surface area contributed by atoms with E-state index in [-0.39, 0.29) is 13.0 Å². The highest BCUT2D eigenvalue weighted by molar-refractivity contribution is 4.80. The molecule has 0 amide bonds. The molecule has 11 heavy (non-hydrogen) atoms. The van der Waals surface area contributed by atoms with E-state index in [4.69, 9.17) is 0 Å². The Balaban J connectivity index is 0.000000461. The molecular weight excluding hydrogens is 148 g/mol. The smallest absolute Gasteiger partial charge is 0.261 e. The van der Waals surface area contributed by atoms with E-state index in [1.807, 2.05) is 20.8 Å². The highest BCUT2D eigenvalue weighted by Crippen LogP contribution is 2.25. The van der Waals surface area contributed by atoms with Gasteiger partial charge in [0.1, 0.15) is 0 Å². The summed E-state index contributed by atoms with van der Waals surface area (Å²) in [5.74, 6) is -2.41. The van der Waals surface area contributed by atoms with Gasteiger partial charge in [0.15, 0.2) is 0 Å². The summed E-state index contributed by atoms with van der Waals surface area (Å²) in [6, 6.07) is 0. The Morgan fingerprint density at radius 1 is 1.36 bits per heavy atom. The highest BCUT2D eigenvalue weighted by Gasteiger charge is 2.36. The van der Waals surface area contributed by atoms with Crippen LogP contribution in [0.5, 0.6) is 0 Å². The number of rotatable bonds is 1. The first-order chi connectivity index (χ1) is 5.14. The van der Waals surface area contributed by atoms with Crippen LogP contribution >= 0.6 is 0 Å². The zero-order valence-corrected chi connectivity index (χ0v) is 7.53. The molecule has 1 saturated heterocycles. The van der Waals surface area contributed by atoms with Crippen molar-refractivity contribution in [3.8, 4) is 0 Å². The van der Waals surface area contributed by atoms with E-state index in [9.17, 15) is 8.78 Å². The average Bonchev–Trinajstić information content (AvgIpc) is 2.34. The molecule has 0 atom stereocenters. The van der Waals surface area contributed by atoms with Crippen molar-refractivity contribution in [2.24, 2.45) is 0 Å². The molecule has 1 aliphatic heterocycles. The van der Waals surface area contributed by atoms with E-state index in [1.165, 1.54) is 0 Å². The third-order valence-electron chi connectivity index (χ3n) is 1.70. The standard InChI is InChI=1S/C6H11F2N.C2H6/c1-2-9-4-3-6(7,8)5-9;1-2/h2-5H2,1H3;1-2H3. The third-order valence-corrected chi connectivity index (χ3v) is 1.70. The van der Waals surface area contributed by atoms with Crippen LogP contribution in [0.3, 0.4) is 0 Å². The Hall–Kier alpha value is -0.180. The van der Waals surface area contributed by atoms with Crippen LogP contribution in [0.4, 0.5) is 8.78 Å². The van der Waals surface area contributed by atoms with Gasteiger partial charge in [-0.2, -0.15) is 0 Å². The topological polar surface area (TPSA) is 3.24 Å². The van der Waals surface area contributed by atoms with Gasteiger partial charge < -0.3 is 0 Å². The van der Waals surface area contributed by atoms with Crippen molar-refractivity contribution >= 4 is 0 Å². The Bertz CT molecular complexity index is 104. The van der Waals surface area contributed by atoms with Gasteiger partial charge in [-0.3, -0.25) is 4.90 Å². The fraction of sp³-hybridized carbons (Fsp3) is 1.00. The van der Waals surface area contributed by atoms with Crippen LogP contribution in [-0.2, 0) is 0 Å². The van der Waals surface area contributed by atoms with Crippen molar-refractivity contribution in [1.29, 1.82) is 0 Å². The minimum Gasteiger partial charge on any atom is -0.298 e. The normalized spacial score (nSPS) is 22.6. The molecule has 0 aromatic rings. The maximum atomic E-state index is 12.3. The monoisotopic (exact) mass is 165 g/mol. The summed E-state index contributed by atoms with van der Waals surface area (Å²) in [5.41, 5.74) is 0. The summed E-state index contributed by atoms with van der Waals surface area (Å²) in [4.78, 5) is 1.76. The van der Waals surface area contributed by atoms with Crippen molar-refractivity contribution in [3.05, 3.63) is 0 Å². The molecule has 68 valence electrons. The van der Waals surface area contributed by atoms with Gasteiger partial charge in [-0.05, 0) is 6.54 Å². The fourth-order valence-corrected chi connectivity index (χ4v) is 1.08. The number of hydrogen-bond donors (Lipinski definition) is 0. The quantitative estimate of drug-likeness (QED) is 0.576. The SMILES string of the molecule is CC.CCN1CCC(F)(F)C1. The first-order valence-corrected chi connectivity index (χ1v) is 4.24. The van der Waals surface area contributed by atoms with Gasteiger partial charge in [0.2, 0.25) is 0 Å². The lowest BCUT2D eigenvalue weighted by Crippen LogP contribution is -2.24. The molecule has 0 spiro atoms. The zero-order chi connectivity index (χ0) is 8.91. The van der Waals surface area contributed by atoms with E-state index in [1.54, 1.807) is 4.90 Å². The molecule has 1 fully saturated rings. The van der Waals surface area contributed by atoms with Gasteiger partial charge in [-0.1, -0.05) is 20.8 Å². The Labute approximate surface area is 67.4 Å². The predicted octanol–water partition coefficient (Wildman–Crippen LogP) is 2.37. The van der Waals surface area contributed by atoms with Gasteiger partial charge >= 0.3 is 0 Å². The maximum Gasteiger partial charge on any atom is 0.261 e. The summed E-state index contributed by atoms with van der Waals surface area (Å²) in [6.07, 6.45) is 0.0425. The minimum absolute atomic E-state index is 0.0382. The van der Waals surface area contributed by atoms with E-state index < -0.39 is 5.92 Å². The number of hydrogen-bond acceptors (Lipinski definition) is 1. The van der Waals surface area contributed by atoms with Crippen LogP contribution in [0.15, 0.2) is 0 Å². The summed E-state index contributed by atoms with van der Waals surface area (Å²) in [6.45, 7) is 7.17. The average molecular weight is 165 g/mol. The van der Waals surface area contributed by atoms with Crippen molar-refractivity contribution in [2.75, 3.05) is 19.6 Å². The molecule has 0 aromatic carbocycles. The largest absolute Gasteiger partial charge is 0.298 e. The van der Waals surface area contributed by atoms with E-state index in [2.05, 4.69) is 0 Å². The molecular formula is C8H17F2N. The molecule has 1 rings (SSSR count). The van der Waals surface area contributed by atoms with Crippen molar-refractivity contribution in [2.45, 2.75) is 33.1 Å². The van der Waals surface area contributed by atoms with E-state index >= 15 is 0 Å². The minimum atomic E-state index is -2.41. The Morgan fingerprint density at radius 3 is 2.09 bits per heavy atom. The number of likely N-dealkylation sites (tertiary alicyclic amines) is 1. The first-order valence-electron chi connectivity index (χ1n) is 4.24. The lowest BCUT2D eigenvalue weighted by molar-refractivity contribution is 0.0127. The first kappa shape index (κ1) is 10.8. The molecule has 0 N–H and O–H groups in total. The number of alkyl halides is 2. The van der Waals surface area contributed by atoms with Crippen LogP contribution in [0.1, 0.15) is 27.2 Å². The molecule has 0 aromatic heterocycles. The molecule has 3 heteroatoms. The highest BCUT2D eigenvalue weighted by atomic mass is 19.3. The Morgan fingerprint density at radius 2 is 1.91 bits per heavy atom. The Kier molecular flexibility index (Phi) is 4.57. The van der Waals surface area contributed by atoms with E-state index in [0.717, 1.165) is 6.54 Å². The number of nitrogens with zero attached hydrogens (tertiary/aromatic N) is 1. The maximum absolute atomic E-state index is 12.3. The molecule has 0 saturated carbocycles. The van der Waals surface area contributed by atoms with Crippen molar-refractivity contribution in [1.82, 2.24) is 4.90 Å². The van der Waals surface area contributed by atoms with Crippen LogP contribution in [0, 0.1) is 0 Å². The molecule has 1 aliphatic rings. The molecule has 0 aliphatic carbocycles. The van der Waals surface area contributed by atoms with Crippen LogP contribution in [0.25, 0.3) is 0 Å². The van der Waals surface area contributed by atoms with Gasteiger partial charge in [0.25, 0.3) is 5.92 Å². The second kappa shape index (κ2) is 4.65. The fourth-order valence-electron chi connectivity index (χ4n) is 1.08. The lowest BCUT2D eigenvalue weighted by atomic mass is 10.3. The molecule has 1 nitrogen and oxygen atoms in total. The second-order valence-corrected chi connectivity index (χ2v) is 2.47. The van der Waals surface area contributed by atoms with Gasteiger partial charge in [0.05, 0.1) is 6.54 Å². The zero-order valence-electron chi connectivity index (χ0n) is 7.53. The molecule has 1 heterocycles. The van der Waals surface area contributed by atoms with Crippen molar-refractivity contribution in [3.63, 3.8) is 0 Å². The summed E-state index contributed by atoms with van der Waals surface area (Å²) in [5, 5.41) is 0. The lowest BCUT2D eigenvalue weighted by Gasteiger charge is -2.11. The number of halogens is 2. The molecule has 0 unspecified atom stereocenters. The third kappa shape index (κ3) is 3.65. The van der Waals surface area contributed by atoms with Crippen LogP contribution < -0.4 is 0 Å². The molecule has 0 radical (unpaired) electrons. The van der Waals surface area contributed by atoms with E-state index in [0.29, 0.717) is 6.54 Å². The van der Waals surface area contributed by atoms with Gasteiger partial charge in [-0.25, -0.2) is 8.78 Å². The van der Waals surface area contributed by atoms with Crippen LogP contribution in [-0.4, -0.2) is 30.5 Å². The summed E-state index contributed by atoms with van der Waals surface area (Å²) < 4.78 is 24.7. The summed E-state index contributed by atoms with van der Waals surface area (Å²) in [7, 11) is 0. The summed E-state index contributed by atoms with van der Waals surface area (Å²) >= 11 is 0. The van der Waals surface area contributed by atoms with Crippen molar-refractivity contribution < 1.29 is 8.78 Å². The van der Waals surface area contributed by atoms with Crippen LogP contribution in [0.2, 0.25) is 0 Å². The second-order valence-electron chi connectivity index (χ2n) is 2.47. The van der Waals surface area contributed by atoms with Gasteiger partial charge in [-0.15, -0.1) is 0 Å². The predicted molar refractivity (Wildman–Crippen MR) is 43.0 cm³/mol. The van der Waals surface area contributed by atoms with Gasteiger partial charge in [0, 0.05) is 13.0 Å².